The zero-order valence-corrected chi connectivity index (χ0v) is 17.3. The molecule has 1 unspecified atom stereocenters. The second-order valence-corrected chi connectivity index (χ2v) is 6.93. The van der Waals surface area contributed by atoms with Gasteiger partial charge in [0, 0.05) is 18.6 Å². The van der Waals surface area contributed by atoms with Gasteiger partial charge >= 0.3 is 0 Å². The number of ether oxygens (including phenoxy) is 3. The lowest BCUT2D eigenvalue weighted by molar-refractivity contribution is -0.137. The molecular weight excluding hydrogens is 389 g/mol. The number of carbonyl (C=O) groups is 1. The lowest BCUT2D eigenvalue weighted by Gasteiger charge is -2.24. The SMILES string of the molecule is CC/C=C1/OCO/C1=C/CCN(C)C(=O)C(CC)Oc1ccc(Cl)cc1Cl. The van der Waals surface area contributed by atoms with Gasteiger partial charge in [-0.05, 0) is 49.6 Å². The van der Waals surface area contributed by atoms with Gasteiger partial charge in [-0.3, -0.25) is 4.79 Å². The van der Waals surface area contributed by atoms with E-state index in [1.165, 1.54) is 0 Å². The lowest BCUT2D eigenvalue weighted by atomic mass is 10.2. The van der Waals surface area contributed by atoms with Gasteiger partial charge < -0.3 is 19.1 Å². The Bertz CT molecular complexity index is 718. The molecular formula is C20H25Cl2NO4. The maximum atomic E-state index is 12.7. The molecule has 1 saturated heterocycles. The number of rotatable bonds is 8. The highest BCUT2D eigenvalue weighted by atomic mass is 35.5. The van der Waals surface area contributed by atoms with Gasteiger partial charge in [0.15, 0.2) is 17.6 Å². The number of allylic oxidation sites excluding steroid dienone is 1. The van der Waals surface area contributed by atoms with Crippen molar-refractivity contribution in [3.63, 3.8) is 0 Å². The van der Waals surface area contributed by atoms with Gasteiger partial charge in [-0.25, -0.2) is 0 Å². The van der Waals surface area contributed by atoms with Gasteiger partial charge in [-0.1, -0.05) is 37.0 Å². The molecule has 0 bridgehead atoms. The van der Waals surface area contributed by atoms with Gasteiger partial charge in [0.2, 0.25) is 6.79 Å². The molecule has 1 amide bonds. The van der Waals surface area contributed by atoms with Crippen LogP contribution in [0.25, 0.3) is 0 Å². The molecule has 0 saturated carbocycles. The fourth-order valence-electron chi connectivity index (χ4n) is 2.58. The average Bonchev–Trinajstić information content (AvgIpc) is 3.08. The topological polar surface area (TPSA) is 48.0 Å². The van der Waals surface area contributed by atoms with E-state index in [0.29, 0.717) is 35.2 Å². The van der Waals surface area contributed by atoms with Crippen LogP contribution in [0.4, 0.5) is 0 Å². The summed E-state index contributed by atoms with van der Waals surface area (Å²) >= 11 is 12.0. The molecule has 1 aromatic carbocycles. The second kappa shape index (κ2) is 10.5. The first kappa shape index (κ1) is 21.5. The third-order valence-electron chi connectivity index (χ3n) is 4.04. The zero-order valence-electron chi connectivity index (χ0n) is 15.8. The number of likely N-dealkylation sites (N-methyl/N-ethyl adjacent to an activating group) is 1. The monoisotopic (exact) mass is 413 g/mol. The third-order valence-corrected chi connectivity index (χ3v) is 4.57. The molecule has 1 aromatic rings. The molecule has 1 heterocycles. The average molecular weight is 414 g/mol. The van der Waals surface area contributed by atoms with Crippen molar-refractivity contribution in [2.24, 2.45) is 0 Å². The molecule has 0 spiro atoms. The number of halogens is 2. The molecule has 0 radical (unpaired) electrons. The second-order valence-electron chi connectivity index (χ2n) is 6.09. The van der Waals surface area contributed by atoms with Crippen LogP contribution in [0.3, 0.4) is 0 Å². The predicted molar refractivity (Wildman–Crippen MR) is 107 cm³/mol. The van der Waals surface area contributed by atoms with Crippen LogP contribution in [0.15, 0.2) is 41.9 Å². The highest BCUT2D eigenvalue weighted by Gasteiger charge is 2.23. The van der Waals surface area contributed by atoms with E-state index in [9.17, 15) is 4.79 Å². The van der Waals surface area contributed by atoms with Crippen molar-refractivity contribution in [3.05, 3.63) is 51.9 Å². The molecule has 1 atom stereocenters. The third kappa shape index (κ3) is 6.08. The van der Waals surface area contributed by atoms with Crippen LogP contribution in [-0.4, -0.2) is 37.3 Å². The summed E-state index contributed by atoms with van der Waals surface area (Å²) in [7, 11) is 1.76. The van der Waals surface area contributed by atoms with Crippen LogP contribution >= 0.6 is 23.2 Å². The van der Waals surface area contributed by atoms with E-state index in [2.05, 4.69) is 0 Å². The van der Waals surface area contributed by atoms with Gasteiger partial charge in [0.05, 0.1) is 5.02 Å². The molecule has 2 rings (SSSR count). The molecule has 0 aromatic heterocycles. The number of hydrogen-bond donors (Lipinski definition) is 0. The van der Waals surface area contributed by atoms with Crippen molar-refractivity contribution in [3.8, 4) is 5.75 Å². The summed E-state index contributed by atoms with van der Waals surface area (Å²) in [5, 5.41) is 0.904. The Morgan fingerprint density at radius 1 is 1.26 bits per heavy atom. The summed E-state index contributed by atoms with van der Waals surface area (Å²) in [5.74, 6) is 1.84. The van der Waals surface area contributed by atoms with Gasteiger partial charge in [-0.2, -0.15) is 0 Å². The molecule has 0 aliphatic carbocycles. The molecule has 148 valence electrons. The molecule has 7 heteroatoms. The first-order valence-corrected chi connectivity index (χ1v) is 9.74. The smallest absolute Gasteiger partial charge is 0.263 e. The van der Waals surface area contributed by atoms with Gasteiger partial charge in [-0.15, -0.1) is 0 Å². The summed E-state index contributed by atoms with van der Waals surface area (Å²) in [5.41, 5.74) is 0. The molecule has 1 aliphatic heterocycles. The van der Waals surface area contributed by atoms with Gasteiger partial charge in [0.1, 0.15) is 5.75 Å². The van der Waals surface area contributed by atoms with E-state index in [1.807, 2.05) is 26.0 Å². The first-order valence-electron chi connectivity index (χ1n) is 8.99. The lowest BCUT2D eigenvalue weighted by Crippen LogP contribution is -2.39. The number of nitrogens with zero attached hydrogens (tertiary/aromatic N) is 1. The van der Waals surface area contributed by atoms with Crippen molar-refractivity contribution < 1.29 is 19.0 Å². The summed E-state index contributed by atoms with van der Waals surface area (Å²) in [6, 6.07) is 4.95. The van der Waals surface area contributed by atoms with Crippen LogP contribution in [0.5, 0.6) is 5.75 Å². The fraction of sp³-hybridized carbons (Fsp3) is 0.450. The summed E-state index contributed by atoms with van der Waals surface area (Å²) in [4.78, 5) is 14.3. The quantitative estimate of drug-likeness (QED) is 0.588. The number of hydrogen-bond acceptors (Lipinski definition) is 4. The van der Waals surface area contributed by atoms with Gasteiger partial charge in [0.25, 0.3) is 5.91 Å². The largest absolute Gasteiger partial charge is 0.479 e. The van der Waals surface area contributed by atoms with E-state index in [4.69, 9.17) is 37.4 Å². The van der Waals surface area contributed by atoms with Crippen molar-refractivity contribution >= 4 is 29.1 Å². The van der Waals surface area contributed by atoms with Crippen LogP contribution in [0.2, 0.25) is 10.0 Å². The van der Waals surface area contributed by atoms with Crippen LogP contribution < -0.4 is 4.74 Å². The van der Waals surface area contributed by atoms with E-state index in [1.54, 1.807) is 30.1 Å². The Balaban J connectivity index is 1.93. The molecule has 1 fully saturated rings. The summed E-state index contributed by atoms with van der Waals surface area (Å²) in [6.45, 7) is 4.71. The normalized spacial score (nSPS) is 17.5. The molecule has 0 N–H and O–H groups in total. The number of carbonyl (C=O) groups excluding carboxylic acids is 1. The molecule has 5 nitrogen and oxygen atoms in total. The van der Waals surface area contributed by atoms with E-state index in [0.717, 1.165) is 17.9 Å². The standard InChI is InChI=1S/C20H25Cl2NO4/c1-4-7-18-19(26-13-25-18)8-6-11-23(3)20(24)16(5-2)27-17-10-9-14(21)12-15(17)22/h7-10,12,16H,4-6,11,13H2,1-3H3/b18-7+,19-8+. The predicted octanol–water partition coefficient (Wildman–Crippen LogP) is 5.18. The highest BCUT2D eigenvalue weighted by molar-refractivity contribution is 6.35. The Morgan fingerprint density at radius 3 is 2.59 bits per heavy atom. The van der Waals surface area contributed by atoms with Crippen molar-refractivity contribution in [1.29, 1.82) is 0 Å². The maximum Gasteiger partial charge on any atom is 0.263 e. The summed E-state index contributed by atoms with van der Waals surface area (Å²) < 4.78 is 16.7. The Labute approximate surface area is 170 Å². The highest BCUT2D eigenvalue weighted by Crippen LogP contribution is 2.29. The maximum absolute atomic E-state index is 12.7. The van der Waals surface area contributed by atoms with Crippen molar-refractivity contribution in [1.82, 2.24) is 4.90 Å². The van der Waals surface area contributed by atoms with Crippen LogP contribution in [0.1, 0.15) is 33.1 Å². The molecule has 27 heavy (non-hydrogen) atoms. The van der Waals surface area contributed by atoms with E-state index >= 15 is 0 Å². The minimum Gasteiger partial charge on any atom is -0.479 e. The zero-order chi connectivity index (χ0) is 19.8. The Hall–Kier alpha value is -1.85. The minimum atomic E-state index is -0.608. The Morgan fingerprint density at radius 2 is 1.96 bits per heavy atom. The molecule has 1 aliphatic rings. The van der Waals surface area contributed by atoms with E-state index < -0.39 is 6.10 Å². The Kier molecular flexibility index (Phi) is 8.32. The minimum absolute atomic E-state index is 0.102. The van der Waals surface area contributed by atoms with Crippen molar-refractivity contribution in [2.45, 2.75) is 39.2 Å². The first-order chi connectivity index (χ1) is 13.0. The van der Waals surface area contributed by atoms with Crippen LogP contribution in [-0.2, 0) is 14.3 Å². The van der Waals surface area contributed by atoms with E-state index in [-0.39, 0.29) is 12.7 Å². The van der Waals surface area contributed by atoms with Crippen molar-refractivity contribution in [2.75, 3.05) is 20.4 Å². The van der Waals surface area contributed by atoms with Crippen LogP contribution in [0, 0.1) is 0 Å². The number of benzene rings is 1. The summed E-state index contributed by atoms with van der Waals surface area (Å²) in [6.07, 6.45) is 5.37. The number of amides is 1. The fourth-order valence-corrected chi connectivity index (χ4v) is 3.03.